The van der Waals surface area contributed by atoms with Crippen LogP contribution < -0.4 is 0 Å². The number of ether oxygens (including phenoxy) is 1. The first-order valence-electron chi connectivity index (χ1n) is 7.46. The van der Waals surface area contributed by atoms with E-state index in [4.69, 9.17) is 4.74 Å². The summed E-state index contributed by atoms with van der Waals surface area (Å²) in [4.78, 5) is 16.2. The summed E-state index contributed by atoms with van der Waals surface area (Å²) in [6.45, 7) is 0. The number of esters is 1. The van der Waals surface area contributed by atoms with Crippen molar-refractivity contribution in [3.63, 3.8) is 0 Å². The molecule has 0 saturated heterocycles. The number of fused-ring (bicyclic) bond motifs is 1. The summed E-state index contributed by atoms with van der Waals surface area (Å²) in [7, 11) is 0. The van der Waals surface area contributed by atoms with Crippen LogP contribution in [0, 0.1) is 5.82 Å². The van der Waals surface area contributed by atoms with Gasteiger partial charge in [0.25, 0.3) is 0 Å². The lowest BCUT2D eigenvalue weighted by atomic mass is 10.1. The van der Waals surface area contributed by atoms with Crippen LogP contribution in [0.1, 0.15) is 11.1 Å². The number of benzene rings is 3. The average Bonchev–Trinajstić information content (AvgIpc) is 2.96. The third-order valence-electron chi connectivity index (χ3n) is 3.77. The third-order valence-corrected chi connectivity index (χ3v) is 3.77. The van der Waals surface area contributed by atoms with Crippen molar-refractivity contribution in [1.82, 2.24) is 0 Å². The maximum absolute atomic E-state index is 13.3. The Labute approximate surface area is 137 Å². The fourth-order valence-electron chi connectivity index (χ4n) is 2.61. The van der Waals surface area contributed by atoms with Gasteiger partial charge in [-0.15, -0.1) is 0 Å². The molecule has 0 N–H and O–H groups in total. The molecule has 3 nitrogen and oxygen atoms in total. The largest absolute Gasteiger partial charge is 0.402 e. The quantitative estimate of drug-likeness (QED) is 0.521. The normalized spacial score (nSPS) is 15.6. The number of hydrogen-bond donors (Lipinski definition) is 0. The van der Waals surface area contributed by atoms with Gasteiger partial charge in [0.05, 0.1) is 0 Å². The molecule has 24 heavy (non-hydrogen) atoms. The molecule has 0 unspecified atom stereocenters. The molecule has 3 aromatic rings. The van der Waals surface area contributed by atoms with E-state index in [9.17, 15) is 9.18 Å². The van der Waals surface area contributed by atoms with Gasteiger partial charge in [0.15, 0.2) is 5.70 Å². The summed E-state index contributed by atoms with van der Waals surface area (Å²) in [5, 5.41) is 2.20. The molecule has 0 bridgehead atoms. The van der Waals surface area contributed by atoms with E-state index in [0.29, 0.717) is 5.56 Å². The summed E-state index contributed by atoms with van der Waals surface area (Å²) >= 11 is 0. The molecule has 4 rings (SSSR count). The molecule has 4 heteroatoms. The molecule has 0 spiro atoms. The fourth-order valence-corrected chi connectivity index (χ4v) is 2.61. The molecule has 0 atom stereocenters. The Morgan fingerprint density at radius 3 is 2.58 bits per heavy atom. The lowest BCUT2D eigenvalue weighted by molar-refractivity contribution is -0.129. The second-order valence-electron chi connectivity index (χ2n) is 5.45. The van der Waals surface area contributed by atoms with Crippen molar-refractivity contribution in [2.24, 2.45) is 4.99 Å². The summed E-state index contributed by atoms with van der Waals surface area (Å²) in [6, 6.07) is 19.6. The van der Waals surface area contributed by atoms with Gasteiger partial charge in [0, 0.05) is 5.56 Å². The van der Waals surface area contributed by atoms with Crippen LogP contribution in [-0.4, -0.2) is 11.9 Å². The van der Waals surface area contributed by atoms with Crippen molar-refractivity contribution in [2.75, 3.05) is 0 Å². The highest BCUT2D eigenvalue weighted by Crippen LogP contribution is 2.22. The minimum atomic E-state index is -0.539. The van der Waals surface area contributed by atoms with Crippen LogP contribution in [0.25, 0.3) is 16.8 Å². The van der Waals surface area contributed by atoms with Crippen LogP contribution >= 0.6 is 0 Å². The average molecular weight is 317 g/mol. The lowest BCUT2D eigenvalue weighted by Crippen LogP contribution is -2.05. The monoisotopic (exact) mass is 317 g/mol. The number of aliphatic imine (C=N–C) groups is 1. The molecule has 1 aliphatic heterocycles. The summed E-state index contributed by atoms with van der Waals surface area (Å²) in [6.07, 6.45) is 1.67. The zero-order valence-electron chi connectivity index (χ0n) is 12.6. The Morgan fingerprint density at radius 1 is 0.917 bits per heavy atom. The molecule has 3 aromatic carbocycles. The fraction of sp³-hybridized carbons (Fsp3) is 0. The number of cyclic esters (lactones) is 1. The van der Waals surface area contributed by atoms with E-state index < -0.39 is 11.8 Å². The Morgan fingerprint density at radius 2 is 1.75 bits per heavy atom. The van der Waals surface area contributed by atoms with Crippen LogP contribution in [-0.2, 0) is 9.53 Å². The molecule has 0 aliphatic carbocycles. The number of carbonyl (C=O) groups excluding carboxylic acids is 1. The first-order valence-corrected chi connectivity index (χ1v) is 7.46. The van der Waals surface area contributed by atoms with Gasteiger partial charge in [-0.2, -0.15) is 0 Å². The zero-order valence-corrected chi connectivity index (χ0v) is 12.6. The molecule has 0 saturated carbocycles. The molecule has 0 amide bonds. The first kappa shape index (κ1) is 14.3. The molecule has 116 valence electrons. The van der Waals surface area contributed by atoms with E-state index in [2.05, 4.69) is 4.99 Å². The topological polar surface area (TPSA) is 38.7 Å². The minimum absolute atomic E-state index is 0.117. The SMILES string of the molecule is O=C1OC(c2cccc(F)c2)=N/C1=C/c1ccc2ccccc2c1. The molecular formula is C20H12FNO2. The van der Waals surface area contributed by atoms with Crippen molar-refractivity contribution in [3.8, 4) is 0 Å². The summed E-state index contributed by atoms with van der Waals surface area (Å²) in [5.74, 6) is -0.827. The van der Waals surface area contributed by atoms with Gasteiger partial charge in [-0.25, -0.2) is 14.2 Å². The van der Waals surface area contributed by atoms with E-state index in [0.717, 1.165) is 16.3 Å². The predicted molar refractivity (Wildman–Crippen MR) is 91.0 cm³/mol. The second kappa shape index (κ2) is 5.74. The van der Waals surface area contributed by atoms with E-state index >= 15 is 0 Å². The van der Waals surface area contributed by atoms with Crippen molar-refractivity contribution in [1.29, 1.82) is 0 Å². The summed E-state index contributed by atoms with van der Waals surface area (Å²) in [5.41, 5.74) is 1.49. The van der Waals surface area contributed by atoms with Crippen LogP contribution in [0.3, 0.4) is 0 Å². The van der Waals surface area contributed by atoms with Crippen molar-refractivity contribution < 1.29 is 13.9 Å². The Balaban J connectivity index is 1.71. The van der Waals surface area contributed by atoms with Crippen LogP contribution in [0.4, 0.5) is 4.39 Å². The van der Waals surface area contributed by atoms with Crippen molar-refractivity contribution in [3.05, 3.63) is 89.4 Å². The minimum Gasteiger partial charge on any atom is -0.402 e. The second-order valence-corrected chi connectivity index (χ2v) is 5.45. The van der Waals surface area contributed by atoms with Gasteiger partial charge in [-0.05, 0) is 46.7 Å². The Kier molecular flexibility index (Phi) is 3.43. The first-order chi connectivity index (χ1) is 11.7. The van der Waals surface area contributed by atoms with Crippen molar-refractivity contribution in [2.45, 2.75) is 0 Å². The number of carbonyl (C=O) groups is 1. The van der Waals surface area contributed by atoms with Crippen LogP contribution in [0.2, 0.25) is 0 Å². The highest BCUT2D eigenvalue weighted by atomic mass is 19.1. The Bertz CT molecular complexity index is 1020. The maximum Gasteiger partial charge on any atom is 0.363 e. The molecule has 1 heterocycles. The van der Waals surface area contributed by atoms with Gasteiger partial charge >= 0.3 is 5.97 Å². The highest BCUT2D eigenvalue weighted by Gasteiger charge is 2.24. The van der Waals surface area contributed by atoms with E-state index in [1.807, 2.05) is 42.5 Å². The summed E-state index contributed by atoms with van der Waals surface area (Å²) < 4.78 is 18.5. The zero-order chi connectivity index (χ0) is 16.5. The van der Waals surface area contributed by atoms with Gasteiger partial charge in [-0.1, -0.05) is 42.5 Å². The molecule has 0 radical (unpaired) electrons. The number of hydrogen-bond acceptors (Lipinski definition) is 3. The predicted octanol–water partition coefficient (Wildman–Crippen LogP) is 4.32. The lowest BCUT2D eigenvalue weighted by Gasteiger charge is -1.99. The molecular weight excluding hydrogens is 305 g/mol. The Hall–Kier alpha value is -3.27. The van der Waals surface area contributed by atoms with Crippen LogP contribution in [0.15, 0.2) is 77.4 Å². The van der Waals surface area contributed by atoms with E-state index in [-0.39, 0.29) is 11.6 Å². The van der Waals surface area contributed by atoms with Gasteiger partial charge in [0.2, 0.25) is 5.90 Å². The smallest absolute Gasteiger partial charge is 0.363 e. The standard InChI is InChI=1S/C20H12FNO2/c21-17-7-3-6-16(12-17)19-22-18(20(23)24-19)11-13-8-9-14-4-1-2-5-15(14)10-13/h1-12H/b18-11+. The number of rotatable bonds is 2. The van der Waals surface area contributed by atoms with Gasteiger partial charge in [-0.3, -0.25) is 0 Å². The van der Waals surface area contributed by atoms with E-state index in [1.165, 1.54) is 12.1 Å². The maximum atomic E-state index is 13.3. The molecule has 1 aliphatic rings. The van der Waals surface area contributed by atoms with Crippen molar-refractivity contribution >= 4 is 28.7 Å². The van der Waals surface area contributed by atoms with E-state index in [1.54, 1.807) is 18.2 Å². The molecule has 0 fully saturated rings. The number of nitrogens with zero attached hydrogens (tertiary/aromatic N) is 1. The van der Waals surface area contributed by atoms with Crippen LogP contribution in [0.5, 0.6) is 0 Å². The highest BCUT2D eigenvalue weighted by molar-refractivity contribution is 6.13. The van der Waals surface area contributed by atoms with Gasteiger partial charge in [0.1, 0.15) is 5.82 Å². The van der Waals surface area contributed by atoms with Gasteiger partial charge < -0.3 is 4.74 Å². The third kappa shape index (κ3) is 2.70. The molecule has 0 aromatic heterocycles. The number of halogens is 1.